The van der Waals surface area contributed by atoms with Gasteiger partial charge in [-0.15, -0.1) is 12.3 Å². The first-order chi connectivity index (χ1) is 7.99. The van der Waals surface area contributed by atoms with Gasteiger partial charge in [-0.2, -0.15) is 0 Å². The van der Waals surface area contributed by atoms with Crippen molar-refractivity contribution in [1.29, 1.82) is 0 Å². The highest BCUT2D eigenvalue weighted by Crippen LogP contribution is 2.14. The Morgan fingerprint density at radius 3 is 2.82 bits per heavy atom. The van der Waals surface area contributed by atoms with Crippen LogP contribution >= 0.6 is 0 Å². The molecule has 1 rings (SSSR count). The van der Waals surface area contributed by atoms with Gasteiger partial charge in [0.05, 0.1) is 6.33 Å². The molecule has 0 bridgehead atoms. The number of nitrogen functional groups attached to an aromatic ring is 1. The summed E-state index contributed by atoms with van der Waals surface area (Å²) in [6, 6.07) is 0. The van der Waals surface area contributed by atoms with Crippen molar-refractivity contribution in [2.75, 3.05) is 12.3 Å². The summed E-state index contributed by atoms with van der Waals surface area (Å²) in [5, 5.41) is -0.00514. The number of hydrogen-bond donors (Lipinski definition) is 2. The lowest BCUT2D eigenvalue weighted by atomic mass is 10.2. The normalized spacial score (nSPS) is 11.3. The van der Waals surface area contributed by atoms with E-state index in [9.17, 15) is 8.42 Å². The predicted molar refractivity (Wildman–Crippen MR) is 65.5 cm³/mol. The van der Waals surface area contributed by atoms with Crippen molar-refractivity contribution in [2.45, 2.75) is 24.3 Å². The monoisotopic (exact) mass is 256 g/mol. The average Bonchev–Trinajstić information content (AvgIpc) is 2.58. The first-order valence-corrected chi connectivity index (χ1v) is 6.67. The molecule has 0 atom stereocenters. The standard InChI is InChI=1S/C10H16N4O2S/c1-3-4-5-6-7-13-17(15,16)10-9(11)12-8-14(10)2/h1,8,13H,4-7,11H2,2H3. The number of sulfonamides is 1. The van der Waals surface area contributed by atoms with Crippen LogP contribution in [0, 0.1) is 12.3 Å². The van der Waals surface area contributed by atoms with Crippen molar-refractivity contribution in [1.82, 2.24) is 14.3 Å². The molecule has 94 valence electrons. The van der Waals surface area contributed by atoms with E-state index in [1.165, 1.54) is 10.9 Å². The van der Waals surface area contributed by atoms with Gasteiger partial charge in [0.2, 0.25) is 0 Å². The van der Waals surface area contributed by atoms with Crippen LogP contribution in [0.2, 0.25) is 0 Å². The third kappa shape index (κ3) is 3.47. The van der Waals surface area contributed by atoms with E-state index in [4.69, 9.17) is 12.2 Å². The maximum absolute atomic E-state index is 11.9. The minimum Gasteiger partial charge on any atom is -0.381 e. The van der Waals surface area contributed by atoms with Gasteiger partial charge in [-0.3, -0.25) is 0 Å². The van der Waals surface area contributed by atoms with Crippen LogP contribution in [-0.2, 0) is 17.1 Å². The van der Waals surface area contributed by atoms with Gasteiger partial charge in [0, 0.05) is 20.0 Å². The lowest BCUT2D eigenvalue weighted by Gasteiger charge is -2.07. The summed E-state index contributed by atoms with van der Waals surface area (Å²) in [7, 11) is -2.01. The smallest absolute Gasteiger partial charge is 0.260 e. The molecule has 0 spiro atoms. The minimum atomic E-state index is -3.59. The van der Waals surface area contributed by atoms with E-state index in [1.54, 1.807) is 7.05 Å². The molecular formula is C10H16N4O2S. The zero-order valence-electron chi connectivity index (χ0n) is 9.68. The molecule has 6 nitrogen and oxygen atoms in total. The van der Waals surface area contributed by atoms with Crippen molar-refractivity contribution in [3.63, 3.8) is 0 Å². The van der Waals surface area contributed by atoms with E-state index in [-0.39, 0.29) is 10.8 Å². The second-order valence-corrected chi connectivity index (χ2v) is 5.29. The van der Waals surface area contributed by atoms with Crippen LogP contribution in [0.5, 0.6) is 0 Å². The molecule has 0 amide bonds. The number of aryl methyl sites for hydroxylation is 1. The second-order valence-electron chi connectivity index (χ2n) is 3.60. The molecule has 0 fully saturated rings. The fourth-order valence-electron chi connectivity index (χ4n) is 1.39. The summed E-state index contributed by atoms with van der Waals surface area (Å²) in [5.74, 6) is 2.50. The average molecular weight is 256 g/mol. The second kappa shape index (κ2) is 5.70. The highest BCUT2D eigenvalue weighted by atomic mass is 32.2. The maximum Gasteiger partial charge on any atom is 0.260 e. The SMILES string of the molecule is C#CCCCCNS(=O)(=O)c1c(N)ncn1C. The molecule has 1 aromatic heterocycles. The molecule has 0 saturated carbocycles. The quantitative estimate of drug-likeness (QED) is 0.557. The van der Waals surface area contributed by atoms with Crippen LogP contribution < -0.4 is 10.5 Å². The van der Waals surface area contributed by atoms with Gasteiger partial charge in [0.15, 0.2) is 10.8 Å². The number of aromatic nitrogens is 2. The minimum absolute atomic E-state index is 0.00336. The van der Waals surface area contributed by atoms with Crippen LogP contribution in [0.3, 0.4) is 0 Å². The largest absolute Gasteiger partial charge is 0.381 e. The van der Waals surface area contributed by atoms with Crippen LogP contribution in [0.15, 0.2) is 11.4 Å². The molecule has 3 N–H and O–H groups in total. The highest BCUT2D eigenvalue weighted by molar-refractivity contribution is 7.89. The van der Waals surface area contributed by atoms with Gasteiger partial charge in [0.25, 0.3) is 10.0 Å². The van der Waals surface area contributed by atoms with Gasteiger partial charge in [-0.05, 0) is 12.8 Å². The number of nitrogens with zero attached hydrogens (tertiary/aromatic N) is 2. The number of unbranched alkanes of at least 4 members (excludes halogenated alkanes) is 2. The summed E-state index contributed by atoms with van der Waals surface area (Å²) in [5.41, 5.74) is 5.50. The molecule has 0 saturated heterocycles. The molecule has 0 radical (unpaired) electrons. The number of terminal acetylenes is 1. The summed E-state index contributed by atoms with van der Waals surface area (Å²) in [6.45, 7) is 0.342. The van der Waals surface area contributed by atoms with Gasteiger partial charge in [0.1, 0.15) is 0 Å². The molecule has 0 aromatic carbocycles. The Bertz CT molecular complexity index is 493. The Balaban J connectivity index is 2.62. The summed E-state index contributed by atoms with van der Waals surface area (Å²) in [6.07, 6.45) is 8.60. The topological polar surface area (TPSA) is 90.0 Å². The first kappa shape index (κ1) is 13.5. The highest BCUT2D eigenvalue weighted by Gasteiger charge is 2.21. The Morgan fingerprint density at radius 1 is 1.59 bits per heavy atom. The van der Waals surface area contributed by atoms with E-state index in [0.29, 0.717) is 19.4 Å². The molecule has 0 aliphatic carbocycles. The molecule has 0 aliphatic heterocycles. The van der Waals surface area contributed by atoms with Crippen molar-refractivity contribution < 1.29 is 8.42 Å². The Labute approximate surface area is 101 Å². The van der Waals surface area contributed by atoms with Crippen LogP contribution in [-0.4, -0.2) is 24.5 Å². The van der Waals surface area contributed by atoms with Gasteiger partial charge in [-0.25, -0.2) is 18.1 Å². The van der Waals surface area contributed by atoms with Crippen LogP contribution in [0.1, 0.15) is 19.3 Å². The number of nitrogens with one attached hydrogen (secondary N) is 1. The third-order valence-electron chi connectivity index (χ3n) is 2.20. The zero-order valence-corrected chi connectivity index (χ0v) is 10.5. The maximum atomic E-state index is 11.9. The van der Waals surface area contributed by atoms with E-state index < -0.39 is 10.0 Å². The number of hydrogen-bond acceptors (Lipinski definition) is 4. The molecule has 17 heavy (non-hydrogen) atoms. The Kier molecular flexibility index (Phi) is 4.54. The van der Waals surface area contributed by atoms with Crippen molar-refractivity contribution in [2.24, 2.45) is 7.05 Å². The molecule has 7 heteroatoms. The first-order valence-electron chi connectivity index (χ1n) is 5.19. The van der Waals surface area contributed by atoms with Crippen molar-refractivity contribution in [3.8, 4) is 12.3 Å². The van der Waals surface area contributed by atoms with Crippen molar-refractivity contribution >= 4 is 15.8 Å². The number of imidazole rings is 1. The van der Waals surface area contributed by atoms with Gasteiger partial charge >= 0.3 is 0 Å². The zero-order chi connectivity index (χ0) is 12.9. The Hall–Kier alpha value is -1.52. The van der Waals surface area contributed by atoms with Gasteiger partial charge < -0.3 is 10.3 Å². The van der Waals surface area contributed by atoms with Crippen LogP contribution in [0.25, 0.3) is 0 Å². The lowest BCUT2D eigenvalue weighted by molar-refractivity contribution is 0.568. The number of nitrogens with two attached hydrogens (primary N) is 1. The van der Waals surface area contributed by atoms with E-state index in [2.05, 4.69) is 15.6 Å². The lowest BCUT2D eigenvalue weighted by Crippen LogP contribution is -2.27. The predicted octanol–water partition coefficient (Wildman–Crippen LogP) is 0.0841. The third-order valence-corrected chi connectivity index (χ3v) is 3.79. The molecular weight excluding hydrogens is 240 g/mol. The molecule has 0 aliphatic rings. The molecule has 1 aromatic rings. The summed E-state index contributed by atoms with van der Waals surface area (Å²) >= 11 is 0. The fourth-order valence-corrected chi connectivity index (χ4v) is 2.70. The summed E-state index contributed by atoms with van der Waals surface area (Å²) in [4.78, 5) is 3.74. The van der Waals surface area contributed by atoms with E-state index in [1.807, 2.05) is 0 Å². The van der Waals surface area contributed by atoms with Crippen LogP contribution in [0.4, 0.5) is 5.82 Å². The Morgan fingerprint density at radius 2 is 2.29 bits per heavy atom. The molecule has 0 unspecified atom stereocenters. The molecule has 1 heterocycles. The number of anilines is 1. The van der Waals surface area contributed by atoms with E-state index >= 15 is 0 Å². The number of rotatable bonds is 6. The van der Waals surface area contributed by atoms with E-state index in [0.717, 1.165) is 6.42 Å². The van der Waals surface area contributed by atoms with Crippen molar-refractivity contribution in [3.05, 3.63) is 6.33 Å². The summed E-state index contributed by atoms with van der Waals surface area (Å²) < 4.78 is 27.6. The van der Waals surface area contributed by atoms with Gasteiger partial charge in [-0.1, -0.05) is 0 Å². The fraction of sp³-hybridized carbons (Fsp3) is 0.500.